The second-order valence-electron chi connectivity index (χ2n) is 15.9. The van der Waals surface area contributed by atoms with Gasteiger partial charge in [-0.1, -0.05) is 99.5 Å². The van der Waals surface area contributed by atoms with Crippen LogP contribution in [0.1, 0.15) is 132 Å². The fraction of sp³-hybridized carbons (Fsp3) is 0.947. The summed E-state index contributed by atoms with van der Waals surface area (Å²) in [6.07, 6.45) is 20.7. The molecule has 6 aliphatic heterocycles. The summed E-state index contributed by atoms with van der Waals surface area (Å²) in [5.74, 6) is 8.64. The van der Waals surface area contributed by atoms with Crippen LogP contribution < -0.4 is 5.32 Å². The van der Waals surface area contributed by atoms with E-state index in [-0.39, 0.29) is 0 Å². The van der Waals surface area contributed by atoms with Crippen LogP contribution in [0.5, 0.6) is 0 Å². The van der Waals surface area contributed by atoms with Gasteiger partial charge >= 0.3 is 0 Å². The molecule has 7 aliphatic rings. The van der Waals surface area contributed by atoms with Gasteiger partial charge in [-0.2, -0.15) is 0 Å². The highest BCUT2D eigenvalue weighted by Crippen LogP contribution is 2.60. The zero-order chi connectivity index (χ0) is 29.7. The monoisotopic (exact) mass is 598 g/mol. The Morgan fingerprint density at radius 3 is 1.31 bits per heavy atom. The molecule has 3 nitrogen and oxygen atoms in total. The lowest BCUT2D eigenvalue weighted by molar-refractivity contribution is 0.0496. The lowest BCUT2D eigenvalue weighted by Gasteiger charge is -2.45. The van der Waals surface area contributed by atoms with Crippen LogP contribution >= 0.6 is 8.88 Å². The van der Waals surface area contributed by atoms with E-state index >= 15 is 0 Å². The second-order valence-corrected chi connectivity index (χ2v) is 17.2. The zero-order valence-corrected chi connectivity index (χ0v) is 29.6. The largest absolute Gasteiger partial charge is 0.310 e. The molecule has 17 atom stereocenters. The van der Waals surface area contributed by atoms with E-state index in [1.165, 1.54) is 83.5 Å². The van der Waals surface area contributed by atoms with Crippen molar-refractivity contribution in [3.8, 4) is 0 Å². The average molecular weight is 598 g/mol. The third kappa shape index (κ3) is 5.14. The minimum atomic E-state index is 0.616. The number of hydrogen-bond acceptors (Lipinski definition) is 3. The predicted molar refractivity (Wildman–Crippen MR) is 183 cm³/mol. The number of rotatable bonds is 8. The first-order valence-electron chi connectivity index (χ1n) is 19.2. The molecule has 0 amide bonds. The molecule has 4 heteroatoms. The molecule has 6 bridgehead atoms. The van der Waals surface area contributed by atoms with E-state index in [0.29, 0.717) is 18.0 Å². The summed E-state index contributed by atoms with van der Waals surface area (Å²) in [5.41, 5.74) is 0. The summed E-state index contributed by atoms with van der Waals surface area (Å²) in [6.45, 7) is 22.2. The molecular formula is C38H68N3P. The van der Waals surface area contributed by atoms with Crippen molar-refractivity contribution >= 4 is 8.88 Å². The van der Waals surface area contributed by atoms with Crippen LogP contribution in [0.3, 0.4) is 0 Å². The molecule has 0 aromatic heterocycles. The highest BCUT2D eigenvalue weighted by Gasteiger charge is 2.57. The Morgan fingerprint density at radius 1 is 0.548 bits per heavy atom. The van der Waals surface area contributed by atoms with E-state index in [4.69, 9.17) is 0 Å². The molecule has 1 aliphatic carbocycles. The lowest BCUT2D eigenvalue weighted by atomic mass is 9.61. The molecule has 240 valence electrons. The minimum absolute atomic E-state index is 0.616. The van der Waals surface area contributed by atoms with Gasteiger partial charge in [-0.3, -0.25) is 9.34 Å². The minimum Gasteiger partial charge on any atom is -0.310 e. The zero-order valence-electron chi connectivity index (χ0n) is 28.6. The van der Waals surface area contributed by atoms with Crippen LogP contribution in [0.4, 0.5) is 0 Å². The van der Waals surface area contributed by atoms with Crippen LogP contribution in [-0.2, 0) is 0 Å². The maximum atomic E-state index is 4.47. The topological polar surface area (TPSA) is 18.5 Å². The summed E-state index contributed by atoms with van der Waals surface area (Å²) in [6, 6.07) is 4.35. The standard InChI is InChI=1S/C38H68N3P/c1-9-25-23-17-18-24(26(25)10-2)20-36-30(14-6)32(16-8)38-22-34-28(12-4)27(11-3)33(39-34)21-37-31(15-7)29(13-5)35(19-23)40(37)42-41(36)38/h11,23-39,42H,3,9-10,12-22H2,1-2,4-8H3. The molecule has 7 fully saturated rings. The van der Waals surface area contributed by atoms with Crippen LogP contribution in [-0.4, -0.2) is 45.6 Å². The van der Waals surface area contributed by atoms with E-state index in [2.05, 4.69) is 75.8 Å². The predicted octanol–water partition coefficient (Wildman–Crippen LogP) is 9.54. The van der Waals surface area contributed by atoms with Crippen molar-refractivity contribution in [2.45, 2.75) is 168 Å². The Kier molecular flexibility index (Phi) is 10.2. The number of hydrogen-bond donors (Lipinski definition) is 1. The van der Waals surface area contributed by atoms with E-state index in [1.807, 2.05) is 0 Å². The van der Waals surface area contributed by atoms with Crippen molar-refractivity contribution in [1.29, 1.82) is 0 Å². The maximum Gasteiger partial charge on any atom is 0.0251 e. The van der Waals surface area contributed by atoms with Crippen molar-refractivity contribution in [2.24, 2.45) is 59.2 Å². The molecule has 6 heterocycles. The first-order valence-corrected chi connectivity index (χ1v) is 20.1. The fourth-order valence-electron chi connectivity index (χ4n) is 13.3. The Bertz CT molecular complexity index is 909. The molecule has 17 unspecified atom stereocenters. The Hall–Kier alpha value is 0.0500. The van der Waals surface area contributed by atoms with Crippen molar-refractivity contribution in [1.82, 2.24) is 14.7 Å². The summed E-state index contributed by atoms with van der Waals surface area (Å²) in [4.78, 5) is 0. The van der Waals surface area contributed by atoms with Gasteiger partial charge < -0.3 is 5.32 Å². The molecule has 1 N–H and O–H groups in total. The Balaban J connectivity index is 1.51. The van der Waals surface area contributed by atoms with Crippen LogP contribution in [0.2, 0.25) is 0 Å². The molecule has 0 spiro atoms. The highest BCUT2D eigenvalue weighted by molar-refractivity contribution is 7.32. The third-order valence-corrected chi connectivity index (χ3v) is 16.7. The van der Waals surface area contributed by atoms with Gasteiger partial charge in [0.1, 0.15) is 0 Å². The van der Waals surface area contributed by atoms with Gasteiger partial charge in [-0.25, -0.2) is 0 Å². The van der Waals surface area contributed by atoms with Gasteiger partial charge in [0.15, 0.2) is 0 Å². The quantitative estimate of drug-likeness (QED) is 0.222. The van der Waals surface area contributed by atoms with Crippen molar-refractivity contribution < 1.29 is 0 Å². The lowest BCUT2D eigenvalue weighted by Crippen LogP contribution is -2.47. The molecule has 6 saturated heterocycles. The van der Waals surface area contributed by atoms with Gasteiger partial charge in [-0.05, 0) is 97.7 Å². The number of fused-ring (bicyclic) bond motifs is 4. The van der Waals surface area contributed by atoms with Crippen molar-refractivity contribution in [3.05, 3.63) is 12.7 Å². The SMILES string of the molecule is C=CC1C2CC3C(CC)C(CC)C4CC5CCC(CC6C(CC)C(CC)C(CC(N2)C1CC)N6PN43)C(CC)C5CC. The first-order chi connectivity index (χ1) is 20.5. The highest BCUT2D eigenvalue weighted by atomic mass is 31.1. The van der Waals surface area contributed by atoms with Gasteiger partial charge in [0, 0.05) is 45.1 Å². The van der Waals surface area contributed by atoms with Gasteiger partial charge in [0.05, 0.1) is 0 Å². The summed E-state index contributed by atoms with van der Waals surface area (Å²) in [5, 5.41) is 4.39. The smallest absolute Gasteiger partial charge is 0.0251 e. The van der Waals surface area contributed by atoms with Crippen molar-refractivity contribution in [3.63, 3.8) is 0 Å². The maximum absolute atomic E-state index is 4.47. The molecule has 42 heavy (non-hydrogen) atoms. The van der Waals surface area contributed by atoms with E-state index in [0.717, 1.165) is 86.3 Å². The first kappa shape index (κ1) is 32.0. The van der Waals surface area contributed by atoms with Crippen LogP contribution in [0, 0.1) is 59.2 Å². The molecule has 1 saturated carbocycles. The second kappa shape index (κ2) is 13.4. The average Bonchev–Trinajstić information content (AvgIpc) is 3.58. The van der Waals surface area contributed by atoms with Gasteiger partial charge in [0.25, 0.3) is 0 Å². The number of nitrogens with zero attached hydrogens (tertiary/aromatic N) is 2. The van der Waals surface area contributed by atoms with Crippen LogP contribution in [0.15, 0.2) is 12.7 Å². The molecular weight excluding hydrogens is 529 g/mol. The van der Waals surface area contributed by atoms with Crippen LogP contribution in [0.25, 0.3) is 0 Å². The molecule has 0 aromatic carbocycles. The van der Waals surface area contributed by atoms with Gasteiger partial charge in [0.2, 0.25) is 0 Å². The molecule has 0 aromatic rings. The number of nitrogens with one attached hydrogen (secondary N) is 1. The summed E-state index contributed by atoms with van der Waals surface area (Å²) >= 11 is 0. The fourth-order valence-corrected chi connectivity index (χ4v) is 15.4. The van der Waals surface area contributed by atoms with E-state index in [1.54, 1.807) is 0 Å². The molecule has 7 rings (SSSR count). The van der Waals surface area contributed by atoms with E-state index in [9.17, 15) is 0 Å². The van der Waals surface area contributed by atoms with Gasteiger partial charge in [-0.15, -0.1) is 6.58 Å². The van der Waals surface area contributed by atoms with E-state index < -0.39 is 0 Å². The normalized spacial score (nSPS) is 51.6. The summed E-state index contributed by atoms with van der Waals surface area (Å²) in [7, 11) is 0.913. The Morgan fingerprint density at radius 2 is 0.929 bits per heavy atom. The Labute approximate surface area is 263 Å². The summed E-state index contributed by atoms with van der Waals surface area (Å²) < 4.78 is 6.51. The molecule has 0 radical (unpaired) electrons. The third-order valence-electron chi connectivity index (χ3n) is 15.0. The van der Waals surface area contributed by atoms with Crippen molar-refractivity contribution in [2.75, 3.05) is 0 Å².